The van der Waals surface area contributed by atoms with Crippen molar-refractivity contribution in [2.45, 2.75) is 27.7 Å². The summed E-state index contributed by atoms with van der Waals surface area (Å²) in [6.07, 6.45) is 0. The molecule has 0 aliphatic heterocycles. The Morgan fingerprint density at radius 3 is 2.20 bits per heavy atom. The first-order chi connectivity index (χ1) is 11.6. The van der Waals surface area contributed by atoms with Gasteiger partial charge in [0.1, 0.15) is 0 Å². The molecule has 2 amide bonds. The minimum absolute atomic E-state index is 0.110. The third kappa shape index (κ3) is 4.47. The Balaban J connectivity index is 2.18. The van der Waals surface area contributed by atoms with Crippen molar-refractivity contribution in [3.63, 3.8) is 0 Å². The quantitative estimate of drug-likeness (QED) is 0.786. The maximum atomic E-state index is 12.2. The predicted molar refractivity (Wildman–Crippen MR) is 92.9 cm³/mol. The van der Waals surface area contributed by atoms with Crippen LogP contribution in [0.15, 0.2) is 34.7 Å². The molecule has 1 aromatic carbocycles. The fraction of sp³-hybridized carbons (Fsp3) is 0.278. The molecule has 0 radical (unpaired) electrons. The van der Waals surface area contributed by atoms with Crippen LogP contribution < -0.4 is 10.6 Å². The van der Waals surface area contributed by atoms with Crippen molar-refractivity contribution in [3.8, 4) is 0 Å². The number of aromatic carboxylic acids is 1. The molecule has 132 valence electrons. The predicted octanol–water partition coefficient (Wildman–Crippen LogP) is 3.52. The van der Waals surface area contributed by atoms with Gasteiger partial charge in [0.05, 0.1) is 0 Å². The van der Waals surface area contributed by atoms with Crippen molar-refractivity contribution in [3.05, 3.63) is 47.4 Å². The van der Waals surface area contributed by atoms with Gasteiger partial charge in [-0.2, -0.15) is 0 Å². The number of benzene rings is 1. The van der Waals surface area contributed by atoms with Gasteiger partial charge in [-0.15, -0.1) is 0 Å². The molecule has 1 heterocycles. The number of furan rings is 1. The number of anilines is 2. The Morgan fingerprint density at radius 2 is 1.64 bits per heavy atom. The molecule has 0 aliphatic carbocycles. The minimum atomic E-state index is -1.25. The number of aryl methyl sites for hydroxylation is 1. The number of hydrogen-bond donors (Lipinski definition) is 3. The Labute approximate surface area is 145 Å². The van der Waals surface area contributed by atoms with Crippen LogP contribution in [0, 0.1) is 12.3 Å². The lowest BCUT2D eigenvalue weighted by Gasteiger charge is -2.18. The third-order valence-electron chi connectivity index (χ3n) is 3.47. The summed E-state index contributed by atoms with van der Waals surface area (Å²) in [6, 6.07) is 7.64. The molecule has 0 spiro atoms. The summed E-state index contributed by atoms with van der Waals surface area (Å²) >= 11 is 0. The normalized spacial score (nSPS) is 11.0. The van der Waals surface area contributed by atoms with Gasteiger partial charge in [-0.1, -0.05) is 26.8 Å². The first kappa shape index (κ1) is 18.3. The lowest BCUT2D eigenvalue weighted by molar-refractivity contribution is -0.123. The molecule has 0 atom stereocenters. The second-order valence-corrected chi connectivity index (χ2v) is 6.66. The van der Waals surface area contributed by atoms with E-state index in [0.29, 0.717) is 11.4 Å². The van der Waals surface area contributed by atoms with Crippen molar-refractivity contribution in [2.75, 3.05) is 10.6 Å². The first-order valence-corrected chi connectivity index (χ1v) is 7.64. The monoisotopic (exact) mass is 344 g/mol. The van der Waals surface area contributed by atoms with E-state index in [0.717, 1.165) is 5.56 Å². The topological polar surface area (TPSA) is 109 Å². The molecule has 3 N–H and O–H groups in total. The largest absolute Gasteiger partial charge is 0.475 e. The number of carboxylic acid groups (broad SMARTS) is 1. The van der Waals surface area contributed by atoms with Gasteiger partial charge in [0.2, 0.25) is 11.7 Å². The van der Waals surface area contributed by atoms with Crippen LogP contribution in [0.2, 0.25) is 0 Å². The highest BCUT2D eigenvalue weighted by Gasteiger charge is 2.21. The summed E-state index contributed by atoms with van der Waals surface area (Å²) < 4.78 is 4.98. The van der Waals surface area contributed by atoms with Crippen LogP contribution in [0.3, 0.4) is 0 Å². The van der Waals surface area contributed by atoms with E-state index in [2.05, 4.69) is 10.6 Å². The third-order valence-corrected chi connectivity index (χ3v) is 3.47. The zero-order valence-corrected chi connectivity index (χ0v) is 14.5. The van der Waals surface area contributed by atoms with Gasteiger partial charge < -0.3 is 20.2 Å². The zero-order valence-electron chi connectivity index (χ0n) is 14.5. The maximum Gasteiger partial charge on any atom is 0.371 e. The van der Waals surface area contributed by atoms with Gasteiger partial charge in [-0.25, -0.2) is 4.79 Å². The van der Waals surface area contributed by atoms with Crippen LogP contribution in [-0.4, -0.2) is 22.9 Å². The molecule has 0 unspecified atom stereocenters. The fourth-order valence-corrected chi connectivity index (χ4v) is 1.91. The minimum Gasteiger partial charge on any atom is -0.475 e. The van der Waals surface area contributed by atoms with Crippen molar-refractivity contribution in [1.82, 2.24) is 0 Å². The molecule has 0 aliphatic rings. The average Bonchev–Trinajstić information content (AvgIpc) is 3.00. The van der Waals surface area contributed by atoms with Crippen LogP contribution >= 0.6 is 0 Å². The summed E-state index contributed by atoms with van der Waals surface area (Å²) in [5.74, 6) is -2.39. The Morgan fingerprint density at radius 1 is 1.00 bits per heavy atom. The SMILES string of the molecule is Cc1ccc(NC(=O)C(C)(C)C)cc1NC(=O)c1ccc(C(=O)O)o1. The van der Waals surface area contributed by atoms with Crippen molar-refractivity contribution >= 4 is 29.2 Å². The molecule has 0 bridgehead atoms. The van der Waals surface area contributed by atoms with Crippen LogP contribution in [0.1, 0.15) is 47.4 Å². The lowest BCUT2D eigenvalue weighted by Crippen LogP contribution is -2.27. The van der Waals surface area contributed by atoms with Gasteiger partial charge in [-0.05, 0) is 36.8 Å². The van der Waals surface area contributed by atoms with Gasteiger partial charge >= 0.3 is 5.97 Å². The molecular weight excluding hydrogens is 324 g/mol. The summed E-state index contributed by atoms with van der Waals surface area (Å²) in [5.41, 5.74) is 1.28. The highest BCUT2D eigenvalue weighted by Crippen LogP contribution is 2.23. The molecule has 0 saturated carbocycles. The van der Waals surface area contributed by atoms with E-state index in [1.165, 1.54) is 12.1 Å². The molecule has 2 rings (SSSR count). The summed E-state index contributed by atoms with van der Waals surface area (Å²) in [7, 11) is 0. The summed E-state index contributed by atoms with van der Waals surface area (Å²) in [5, 5.41) is 14.3. The molecule has 7 heteroatoms. The lowest BCUT2D eigenvalue weighted by atomic mass is 9.95. The molecule has 7 nitrogen and oxygen atoms in total. The number of carbonyl (C=O) groups is 3. The summed E-state index contributed by atoms with van der Waals surface area (Å²) in [4.78, 5) is 35.1. The number of amides is 2. The van der Waals surface area contributed by atoms with E-state index in [9.17, 15) is 14.4 Å². The Kier molecular flexibility index (Phi) is 4.97. The van der Waals surface area contributed by atoms with Gasteiger partial charge in [-0.3, -0.25) is 9.59 Å². The summed E-state index contributed by atoms with van der Waals surface area (Å²) in [6.45, 7) is 7.21. The molecular formula is C18H20N2O5. The van der Waals surface area contributed by atoms with E-state index in [-0.39, 0.29) is 17.4 Å². The zero-order chi connectivity index (χ0) is 18.8. The number of hydrogen-bond acceptors (Lipinski definition) is 4. The Bertz CT molecular complexity index is 830. The van der Waals surface area contributed by atoms with E-state index >= 15 is 0 Å². The maximum absolute atomic E-state index is 12.2. The number of rotatable bonds is 4. The number of carboxylic acids is 1. The number of carbonyl (C=O) groups excluding carboxylic acids is 2. The molecule has 2 aromatic rings. The second-order valence-electron chi connectivity index (χ2n) is 6.66. The smallest absolute Gasteiger partial charge is 0.371 e. The fourth-order valence-electron chi connectivity index (χ4n) is 1.91. The first-order valence-electron chi connectivity index (χ1n) is 7.64. The van der Waals surface area contributed by atoms with Gasteiger partial charge in [0.25, 0.3) is 5.91 Å². The van der Waals surface area contributed by atoms with Crippen LogP contribution in [0.5, 0.6) is 0 Å². The van der Waals surface area contributed by atoms with Gasteiger partial charge in [0, 0.05) is 16.8 Å². The molecule has 25 heavy (non-hydrogen) atoms. The molecule has 1 aromatic heterocycles. The Hall–Kier alpha value is -3.09. The standard InChI is InChI=1S/C18H20N2O5/c1-10-5-6-11(19-17(24)18(2,3)4)9-12(10)20-15(21)13-7-8-14(25-13)16(22)23/h5-9H,1-4H3,(H,19,24)(H,20,21)(H,22,23). The highest BCUT2D eigenvalue weighted by atomic mass is 16.4. The van der Waals surface area contributed by atoms with Crippen LogP contribution in [-0.2, 0) is 4.79 Å². The van der Waals surface area contributed by atoms with E-state index in [1.54, 1.807) is 45.9 Å². The van der Waals surface area contributed by atoms with E-state index < -0.39 is 17.3 Å². The van der Waals surface area contributed by atoms with Crippen molar-refractivity contribution in [2.24, 2.45) is 5.41 Å². The van der Waals surface area contributed by atoms with Crippen molar-refractivity contribution < 1.29 is 23.9 Å². The van der Waals surface area contributed by atoms with Crippen LogP contribution in [0.25, 0.3) is 0 Å². The molecule has 0 saturated heterocycles. The van der Waals surface area contributed by atoms with Gasteiger partial charge in [0.15, 0.2) is 5.76 Å². The second kappa shape index (κ2) is 6.80. The van der Waals surface area contributed by atoms with Crippen molar-refractivity contribution in [1.29, 1.82) is 0 Å². The van der Waals surface area contributed by atoms with E-state index in [4.69, 9.17) is 9.52 Å². The average molecular weight is 344 g/mol. The van der Waals surface area contributed by atoms with E-state index in [1.807, 2.05) is 0 Å². The van der Waals surface area contributed by atoms with Crippen LogP contribution in [0.4, 0.5) is 11.4 Å². The molecule has 0 fully saturated rings. The number of nitrogens with one attached hydrogen (secondary N) is 2. The highest BCUT2D eigenvalue weighted by molar-refractivity contribution is 6.04.